The van der Waals surface area contributed by atoms with Crippen LogP contribution in [0.25, 0.3) is 0 Å². The molecule has 0 bridgehead atoms. The summed E-state index contributed by atoms with van der Waals surface area (Å²) in [5.74, 6) is -0.803. The molecule has 1 saturated heterocycles. The molecule has 0 aromatic rings. The molecule has 6 heteroatoms. The van der Waals surface area contributed by atoms with E-state index in [9.17, 15) is 14.4 Å². The van der Waals surface area contributed by atoms with Crippen molar-refractivity contribution in [3.05, 3.63) is 0 Å². The van der Waals surface area contributed by atoms with Crippen molar-refractivity contribution >= 4 is 17.7 Å². The highest BCUT2D eigenvalue weighted by atomic mass is 16.2. The molecule has 2 N–H and O–H groups in total. The Hall–Kier alpha value is -1.43. The highest BCUT2D eigenvalue weighted by Gasteiger charge is 2.36. The number of nitrogens with one attached hydrogen (secondary N) is 2. The summed E-state index contributed by atoms with van der Waals surface area (Å²) in [4.78, 5) is 34.9. The number of carbonyl (C=O) groups is 3. The topological polar surface area (TPSA) is 78.5 Å². The Bertz CT molecular complexity index is 290. The predicted molar refractivity (Wildman–Crippen MR) is 52.9 cm³/mol. The van der Waals surface area contributed by atoms with Crippen molar-refractivity contribution in [1.29, 1.82) is 0 Å². The van der Waals surface area contributed by atoms with Gasteiger partial charge in [-0.15, -0.1) is 0 Å². The zero-order valence-electron chi connectivity index (χ0n) is 8.87. The van der Waals surface area contributed by atoms with Gasteiger partial charge in [0, 0.05) is 20.0 Å². The first-order valence-electron chi connectivity index (χ1n) is 4.80. The molecular formula is C9H15N3O3. The monoisotopic (exact) mass is 213 g/mol. The number of nitrogens with zero attached hydrogens (tertiary/aromatic N) is 1. The summed E-state index contributed by atoms with van der Waals surface area (Å²) in [5, 5.41) is 5.36. The van der Waals surface area contributed by atoms with Crippen LogP contribution in [0.2, 0.25) is 0 Å². The average Bonchev–Trinajstić information content (AvgIpc) is 2.43. The largest absolute Gasteiger partial charge is 0.344 e. The van der Waals surface area contributed by atoms with E-state index in [-0.39, 0.29) is 24.1 Å². The Labute approximate surface area is 88.0 Å². The first-order valence-corrected chi connectivity index (χ1v) is 4.80. The van der Waals surface area contributed by atoms with Crippen LogP contribution in [0.3, 0.4) is 0 Å². The van der Waals surface area contributed by atoms with E-state index in [2.05, 4.69) is 10.6 Å². The quantitative estimate of drug-likeness (QED) is 0.555. The molecule has 0 spiro atoms. The zero-order chi connectivity index (χ0) is 11.4. The first-order chi connectivity index (χ1) is 7.06. The summed E-state index contributed by atoms with van der Waals surface area (Å²) >= 11 is 0. The smallest absolute Gasteiger partial charge is 0.252 e. The van der Waals surface area contributed by atoms with Gasteiger partial charge in [-0.25, -0.2) is 0 Å². The summed E-state index contributed by atoms with van der Waals surface area (Å²) in [7, 11) is 3.16. The van der Waals surface area contributed by atoms with Gasteiger partial charge in [0.2, 0.25) is 11.8 Å². The second kappa shape index (κ2) is 4.88. The van der Waals surface area contributed by atoms with Crippen LogP contribution in [0, 0.1) is 0 Å². The van der Waals surface area contributed by atoms with Crippen LogP contribution in [-0.4, -0.2) is 49.3 Å². The molecule has 15 heavy (non-hydrogen) atoms. The van der Waals surface area contributed by atoms with E-state index in [1.807, 2.05) is 0 Å². The lowest BCUT2D eigenvalue weighted by molar-refractivity contribution is -0.138. The van der Waals surface area contributed by atoms with Crippen LogP contribution in [0.5, 0.6) is 0 Å². The summed E-state index contributed by atoms with van der Waals surface area (Å²) in [6.45, 7) is 0.552. The minimum atomic E-state index is -0.674. The number of carbonyl (C=O) groups excluding carboxylic acids is 3. The zero-order valence-corrected chi connectivity index (χ0v) is 8.87. The van der Waals surface area contributed by atoms with Crippen molar-refractivity contribution in [2.75, 3.05) is 20.6 Å². The van der Waals surface area contributed by atoms with Crippen molar-refractivity contribution in [3.8, 4) is 0 Å². The number of likely N-dealkylation sites (N-methyl/N-ethyl adjacent to an activating group) is 1. The maximum absolute atomic E-state index is 11.4. The lowest BCUT2D eigenvalue weighted by atomic mass is 10.2. The molecule has 0 aromatic heterocycles. The number of imide groups is 1. The van der Waals surface area contributed by atoms with Gasteiger partial charge in [0.05, 0.1) is 6.42 Å². The third kappa shape index (κ3) is 2.76. The number of likely N-dealkylation sites (tertiary alicyclic amines) is 1. The van der Waals surface area contributed by atoms with Gasteiger partial charge in [-0.3, -0.25) is 19.3 Å². The second-order valence-electron chi connectivity index (χ2n) is 3.47. The number of rotatable bonds is 4. The van der Waals surface area contributed by atoms with Crippen LogP contribution in [-0.2, 0) is 14.4 Å². The molecule has 0 aliphatic carbocycles. The molecule has 1 unspecified atom stereocenters. The van der Waals surface area contributed by atoms with E-state index in [1.165, 1.54) is 7.05 Å². The average molecular weight is 213 g/mol. The highest BCUT2D eigenvalue weighted by molar-refractivity contribution is 6.06. The van der Waals surface area contributed by atoms with E-state index in [0.717, 1.165) is 4.90 Å². The van der Waals surface area contributed by atoms with Crippen molar-refractivity contribution in [2.24, 2.45) is 0 Å². The van der Waals surface area contributed by atoms with Crippen LogP contribution >= 0.6 is 0 Å². The van der Waals surface area contributed by atoms with Crippen LogP contribution in [0.4, 0.5) is 0 Å². The van der Waals surface area contributed by atoms with E-state index < -0.39 is 6.04 Å². The molecule has 6 nitrogen and oxygen atoms in total. The minimum Gasteiger partial charge on any atom is -0.344 e. The van der Waals surface area contributed by atoms with Gasteiger partial charge in [-0.2, -0.15) is 0 Å². The third-order valence-electron chi connectivity index (χ3n) is 2.32. The van der Waals surface area contributed by atoms with Gasteiger partial charge in [0.25, 0.3) is 5.91 Å². The van der Waals surface area contributed by atoms with Gasteiger partial charge in [0.1, 0.15) is 6.04 Å². The Morgan fingerprint density at radius 2 is 2.20 bits per heavy atom. The predicted octanol–water partition coefficient (Wildman–Crippen LogP) is -1.53. The molecule has 1 fully saturated rings. The first kappa shape index (κ1) is 11.6. The van der Waals surface area contributed by atoms with Gasteiger partial charge in [-0.1, -0.05) is 0 Å². The van der Waals surface area contributed by atoms with Crippen molar-refractivity contribution < 1.29 is 14.4 Å². The lowest BCUT2D eigenvalue weighted by Gasteiger charge is -2.10. The van der Waals surface area contributed by atoms with Gasteiger partial charge < -0.3 is 10.6 Å². The molecular weight excluding hydrogens is 198 g/mol. The molecule has 0 aromatic carbocycles. The summed E-state index contributed by atoms with van der Waals surface area (Å²) in [6.07, 6.45) is 0.374. The molecule has 0 radical (unpaired) electrons. The van der Waals surface area contributed by atoms with Crippen molar-refractivity contribution in [2.45, 2.75) is 18.9 Å². The Balaban J connectivity index is 2.43. The van der Waals surface area contributed by atoms with Gasteiger partial charge in [0.15, 0.2) is 0 Å². The number of hydrogen-bond donors (Lipinski definition) is 2. The van der Waals surface area contributed by atoms with E-state index in [1.54, 1.807) is 7.05 Å². The Morgan fingerprint density at radius 3 is 2.67 bits per heavy atom. The SMILES string of the molecule is CNCCC(=O)NC1CC(=O)N(C)C1=O. The molecule has 84 valence electrons. The van der Waals surface area contributed by atoms with E-state index >= 15 is 0 Å². The molecule has 1 atom stereocenters. The van der Waals surface area contributed by atoms with Crippen LogP contribution in [0.15, 0.2) is 0 Å². The minimum absolute atomic E-state index is 0.0701. The van der Waals surface area contributed by atoms with E-state index in [4.69, 9.17) is 0 Å². The standard InChI is InChI=1S/C9H15N3O3/c1-10-4-3-7(13)11-6-5-8(14)12(2)9(6)15/h6,10H,3-5H2,1-2H3,(H,11,13). The summed E-state index contributed by atoms with van der Waals surface area (Å²) in [5.41, 5.74) is 0. The van der Waals surface area contributed by atoms with Gasteiger partial charge >= 0.3 is 0 Å². The third-order valence-corrected chi connectivity index (χ3v) is 2.32. The molecule has 1 heterocycles. The molecule has 1 aliphatic rings. The fourth-order valence-corrected chi connectivity index (χ4v) is 1.37. The maximum Gasteiger partial charge on any atom is 0.252 e. The van der Waals surface area contributed by atoms with Crippen molar-refractivity contribution in [3.63, 3.8) is 0 Å². The molecule has 1 aliphatic heterocycles. The fourth-order valence-electron chi connectivity index (χ4n) is 1.37. The Morgan fingerprint density at radius 1 is 1.53 bits per heavy atom. The molecule has 0 saturated carbocycles. The second-order valence-corrected chi connectivity index (χ2v) is 3.47. The van der Waals surface area contributed by atoms with Crippen LogP contribution < -0.4 is 10.6 Å². The van der Waals surface area contributed by atoms with Crippen molar-refractivity contribution in [1.82, 2.24) is 15.5 Å². The number of amides is 3. The maximum atomic E-state index is 11.4. The molecule has 3 amide bonds. The molecule has 1 rings (SSSR count). The normalized spacial score (nSPS) is 20.9. The van der Waals surface area contributed by atoms with Crippen LogP contribution in [0.1, 0.15) is 12.8 Å². The van der Waals surface area contributed by atoms with E-state index in [0.29, 0.717) is 13.0 Å². The van der Waals surface area contributed by atoms with Gasteiger partial charge in [-0.05, 0) is 7.05 Å². The fraction of sp³-hybridized carbons (Fsp3) is 0.667. The highest BCUT2D eigenvalue weighted by Crippen LogP contribution is 2.10. The Kier molecular flexibility index (Phi) is 3.79. The number of hydrogen-bond acceptors (Lipinski definition) is 4. The summed E-state index contributed by atoms with van der Waals surface area (Å²) < 4.78 is 0. The lowest BCUT2D eigenvalue weighted by Crippen LogP contribution is -2.41. The summed E-state index contributed by atoms with van der Waals surface area (Å²) in [6, 6.07) is -0.674.